The quantitative estimate of drug-likeness (QED) is 0.142. The first-order chi connectivity index (χ1) is 17.5. The van der Waals surface area contributed by atoms with E-state index in [1.165, 1.54) is 18.4 Å². The van der Waals surface area contributed by atoms with Gasteiger partial charge in [-0.25, -0.2) is 14.6 Å². The number of aliphatic carboxylic acids is 1. The standard InChI is InChI=1S/C27H23N3O5S/c1-34-23(31)17-35-30-24(25(32)33)22-18-36-26(28-22)29-27(19-11-5-2-6-12-19,20-13-7-3-8-14-20)21-15-9-4-10-16-21/h2-16,18H,17H2,1H3,(H,28,29)(H,32,33)/b30-24-. The number of thiazole rings is 1. The number of anilines is 1. The Kier molecular flexibility index (Phi) is 7.72. The summed E-state index contributed by atoms with van der Waals surface area (Å²) in [5.74, 6) is -2.01. The Bertz CT molecular complexity index is 1240. The number of hydrogen-bond donors (Lipinski definition) is 2. The van der Waals surface area contributed by atoms with Crippen LogP contribution in [0.15, 0.2) is 102 Å². The third-order valence-electron chi connectivity index (χ3n) is 5.43. The van der Waals surface area contributed by atoms with Gasteiger partial charge in [0.25, 0.3) is 0 Å². The molecule has 4 aromatic rings. The number of nitrogens with one attached hydrogen (secondary N) is 1. The average Bonchev–Trinajstić information content (AvgIpc) is 3.38. The van der Waals surface area contributed by atoms with Gasteiger partial charge in [0.2, 0.25) is 12.3 Å². The van der Waals surface area contributed by atoms with Crippen LogP contribution in [0.3, 0.4) is 0 Å². The normalized spacial score (nSPS) is 11.5. The Morgan fingerprint density at radius 1 is 0.917 bits per heavy atom. The van der Waals surface area contributed by atoms with Crippen LogP contribution in [0, 0.1) is 0 Å². The van der Waals surface area contributed by atoms with Crippen LogP contribution in [0.25, 0.3) is 0 Å². The van der Waals surface area contributed by atoms with Crippen LogP contribution >= 0.6 is 11.3 Å². The van der Waals surface area contributed by atoms with Gasteiger partial charge >= 0.3 is 11.9 Å². The minimum atomic E-state index is -1.34. The summed E-state index contributed by atoms with van der Waals surface area (Å²) in [6.07, 6.45) is 0. The molecular weight excluding hydrogens is 478 g/mol. The smallest absolute Gasteiger partial charge is 0.360 e. The number of oxime groups is 1. The summed E-state index contributed by atoms with van der Waals surface area (Å²) in [4.78, 5) is 32.5. The minimum absolute atomic E-state index is 0.1000. The molecule has 0 amide bonds. The van der Waals surface area contributed by atoms with Gasteiger partial charge in [0.15, 0.2) is 5.13 Å². The molecule has 36 heavy (non-hydrogen) atoms. The zero-order valence-corrected chi connectivity index (χ0v) is 20.1. The molecule has 1 aromatic heterocycles. The fourth-order valence-electron chi connectivity index (χ4n) is 3.79. The number of carbonyl (C=O) groups is 2. The maximum absolute atomic E-state index is 11.8. The molecule has 0 atom stereocenters. The zero-order valence-electron chi connectivity index (χ0n) is 19.3. The monoisotopic (exact) mass is 501 g/mol. The molecule has 0 aliphatic heterocycles. The Morgan fingerprint density at radius 3 is 1.86 bits per heavy atom. The number of rotatable bonds is 10. The third kappa shape index (κ3) is 5.26. The second kappa shape index (κ2) is 11.3. The maximum atomic E-state index is 11.8. The number of aromatic nitrogens is 1. The van der Waals surface area contributed by atoms with Crippen LogP contribution in [0.1, 0.15) is 22.4 Å². The largest absolute Gasteiger partial charge is 0.476 e. The average molecular weight is 502 g/mol. The molecule has 0 bridgehead atoms. The molecule has 0 saturated heterocycles. The summed E-state index contributed by atoms with van der Waals surface area (Å²) < 4.78 is 4.48. The minimum Gasteiger partial charge on any atom is -0.476 e. The number of hydrogen-bond acceptors (Lipinski definition) is 8. The van der Waals surface area contributed by atoms with E-state index in [-0.39, 0.29) is 5.69 Å². The van der Waals surface area contributed by atoms with Crippen LogP contribution in [-0.2, 0) is 24.7 Å². The SMILES string of the molecule is COC(=O)CO/N=C(\C(=O)O)c1csc(NC(c2ccccc2)(c2ccccc2)c2ccccc2)n1. The molecule has 0 aliphatic carbocycles. The van der Waals surface area contributed by atoms with Crippen LogP contribution in [0.2, 0.25) is 0 Å². The van der Waals surface area contributed by atoms with E-state index in [9.17, 15) is 14.7 Å². The summed E-state index contributed by atoms with van der Waals surface area (Å²) in [6, 6.07) is 29.9. The summed E-state index contributed by atoms with van der Waals surface area (Å²) in [5.41, 5.74) is 1.80. The van der Waals surface area contributed by atoms with E-state index < -0.39 is 29.8 Å². The summed E-state index contributed by atoms with van der Waals surface area (Å²) >= 11 is 1.24. The highest BCUT2D eigenvalue weighted by molar-refractivity contribution is 7.14. The Hall–Kier alpha value is -4.50. The maximum Gasteiger partial charge on any atom is 0.360 e. The van der Waals surface area contributed by atoms with Crippen molar-refractivity contribution in [3.63, 3.8) is 0 Å². The van der Waals surface area contributed by atoms with Crippen molar-refractivity contribution in [1.82, 2.24) is 4.98 Å². The van der Waals surface area contributed by atoms with Crippen molar-refractivity contribution in [2.45, 2.75) is 5.54 Å². The summed E-state index contributed by atoms with van der Waals surface area (Å²) in [7, 11) is 1.20. The van der Waals surface area contributed by atoms with E-state index in [0.717, 1.165) is 16.7 Å². The van der Waals surface area contributed by atoms with E-state index in [4.69, 9.17) is 4.84 Å². The van der Waals surface area contributed by atoms with Crippen molar-refractivity contribution in [2.24, 2.45) is 5.16 Å². The Balaban J connectivity index is 1.79. The van der Waals surface area contributed by atoms with Gasteiger partial charge in [0.1, 0.15) is 11.2 Å². The van der Waals surface area contributed by atoms with Crippen LogP contribution in [0.4, 0.5) is 5.13 Å². The lowest BCUT2D eigenvalue weighted by Crippen LogP contribution is -2.38. The highest BCUT2D eigenvalue weighted by Crippen LogP contribution is 2.40. The van der Waals surface area contributed by atoms with Crippen LogP contribution in [-0.4, -0.2) is 41.5 Å². The van der Waals surface area contributed by atoms with Gasteiger partial charge in [-0.2, -0.15) is 0 Å². The van der Waals surface area contributed by atoms with Crippen LogP contribution in [0.5, 0.6) is 0 Å². The van der Waals surface area contributed by atoms with Gasteiger partial charge < -0.3 is 20.0 Å². The molecule has 0 radical (unpaired) electrons. The highest BCUT2D eigenvalue weighted by Gasteiger charge is 2.37. The first kappa shape index (κ1) is 24.6. The lowest BCUT2D eigenvalue weighted by atomic mass is 9.77. The van der Waals surface area contributed by atoms with Gasteiger partial charge in [-0.15, -0.1) is 11.3 Å². The molecule has 0 spiro atoms. The number of carboxylic acids is 1. The molecule has 0 fully saturated rings. The molecule has 182 valence electrons. The molecule has 0 saturated carbocycles. The van der Waals surface area contributed by atoms with Gasteiger partial charge in [-0.1, -0.05) is 96.2 Å². The lowest BCUT2D eigenvalue weighted by molar-refractivity contribution is -0.146. The first-order valence-electron chi connectivity index (χ1n) is 11.0. The van der Waals surface area contributed by atoms with Gasteiger partial charge in [0.05, 0.1) is 7.11 Å². The molecule has 9 heteroatoms. The number of ether oxygens (including phenoxy) is 1. The Labute approximate surface area is 211 Å². The van der Waals surface area contributed by atoms with Crippen molar-refractivity contribution in [2.75, 3.05) is 19.0 Å². The fraction of sp³-hybridized carbons (Fsp3) is 0.111. The second-order valence-corrected chi connectivity index (χ2v) is 8.46. The van der Waals surface area contributed by atoms with E-state index in [1.54, 1.807) is 5.38 Å². The number of nitrogens with zero attached hydrogens (tertiary/aromatic N) is 2. The van der Waals surface area contributed by atoms with Gasteiger partial charge in [0, 0.05) is 5.38 Å². The number of carbonyl (C=O) groups excluding carboxylic acids is 1. The molecule has 0 aliphatic rings. The topological polar surface area (TPSA) is 110 Å². The van der Waals surface area contributed by atoms with E-state index in [1.807, 2.05) is 91.0 Å². The van der Waals surface area contributed by atoms with Crippen molar-refractivity contribution >= 4 is 34.1 Å². The summed E-state index contributed by atoms with van der Waals surface area (Å²) in [6.45, 7) is -0.512. The van der Waals surface area contributed by atoms with E-state index in [0.29, 0.717) is 5.13 Å². The molecular formula is C27H23N3O5S. The Morgan fingerprint density at radius 2 is 1.42 bits per heavy atom. The first-order valence-corrected chi connectivity index (χ1v) is 11.8. The predicted octanol–water partition coefficient (Wildman–Crippen LogP) is 4.53. The fourth-order valence-corrected chi connectivity index (χ4v) is 4.54. The molecule has 3 aromatic carbocycles. The number of esters is 1. The third-order valence-corrected chi connectivity index (χ3v) is 6.19. The number of methoxy groups -OCH3 is 1. The highest BCUT2D eigenvalue weighted by atomic mass is 32.1. The van der Waals surface area contributed by atoms with Crippen LogP contribution < -0.4 is 5.32 Å². The molecule has 4 rings (SSSR count). The number of benzene rings is 3. The van der Waals surface area contributed by atoms with Gasteiger partial charge in [-0.05, 0) is 16.7 Å². The predicted molar refractivity (Wildman–Crippen MR) is 137 cm³/mol. The van der Waals surface area contributed by atoms with E-state index in [2.05, 4.69) is 20.2 Å². The van der Waals surface area contributed by atoms with E-state index >= 15 is 0 Å². The molecule has 2 N–H and O–H groups in total. The summed E-state index contributed by atoms with van der Waals surface area (Å²) in [5, 5.41) is 18.9. The zero-order chi connectivity index (χ0) is 25.4. The van der Waals surface area contributed by atoms with Crippen molar-refractivity contribution < 1.29 is 24.3 Å². The van der Waals surface area contributed by atoms with Gasteiger partial charge in [-0.3, -0.25) is 0 Å². The molecule has 8 nitrogen and oxygen atoms in total. The molecule has 0 unspecified atom stereocenters. The van der Waals surface area contributed by atoms with Crippen molar-refractivity contribution in [1.29, 1.82) is 0 Å². The second-order valence-electron chi connectivity index (χ2n) is 7.61. The van der Waals surface area contributed by atoms with Crippen molar-refractivity contribution in [3.05, 3.63) is 119 Å². The molecule has 1 heterocycles. The van der Waals surface area contributed by atoms with Crippen molar-refractivity contribution in [3.8, 4) is 0 Å². The number of carboxylic acid groups (broad SMARTS) is 1. The lowest BCUT2D eigenvalue weighted by Gasteiger charge is -2.36.